The molecule has 0 radical (unpaired) electrons. The maximum atomic E-state index is 12.2. The van der Waals surface area contributed by atoms with Crippen LogP contribution in [0.2, 0.25) is 0 Å². The lowest BCUT2D eigenvalue weighted by Crippen LogP contribution is -2.33. The van der Waals surface area contributed by atoms with E-state index >= 15 is 0 Å². The molecule has 1 aromatic heterocycles. The Balaban J connectivity index is 1.59. The molecule has 0 aromatic carbocycles. The van der Waals surface area contributed by atoms with Gasteiger partial charge < -0.3 is 5.32 Å². The Kier molecular flexibility index (Phi) is 4.95. The van der Waals surface area contributed by atoms with Crippen molar-refractivity contribution in [2.75, 3.05) is 18.4 Å². The van der Waals surface area contributed by atoms with Crippen LogP contribution in [-0.4, -0.2) is 32.7 Å². The number of allylic oxidation sites excluding steroid dienone is 4. The first-order chi connectivity index (χ1) is 11.7. The summed E-state index contributed by atoms with van der Waals surface area (Å²) in [6.07, 6.45) is 3.69. The van der Waals surface area contributed by atoms with Crippen molar-refractivity contribution in [3.05, 3.63) is 40.5 Å². The van der Waals surface area contributed by atoms with Crippen LogP contribution in [0.4, 0.5) is 19.0 Å². The number of hydrogen-bond donors (Lipinski definition) is 2. The predicted molar refractivity (Wildman–Crippen MR) is 90.5 cm³/mol. The summed E-state index contributed by atoms with van der Waals surface area (Å²) in [5.41, 5.74) is 1.34. The molecule has 5 nitrogen and oxygen atoms in total. The predicted octanol–water partition coefficient (Wildman–Crippen LogP) is 3.23. The second-order valence-electron chi connectivity index (χ2n) is 5.95. The minimum Gasteiger partial charge on any atom is -0.369 e. The summed E-state index contributed by atoms with van der Waals surface area (Å²) in [6, 6.07) is 1.23. The van der Waals surface area contributed by atoms with Crippen molar-refractivity contribution in [3.8, 4) is 0 Å². The molecule has 0 amide bonds. The van der Waals surface area contributed by atoms with E-state index in [4.69, 9.17) is 0 Å². The van der Waals surface area contributed by atoms with E-state index in [1.807, 2.05) is 6.08 Å². The Morgan fingerprint density at radius 1 is 1.36 bits per heavy atom. The maximum Gasteiger partial charge on any atom is 0.402 e. The molecule has 0 aliphatic heterocycles. The van der Waals surface area contributed by atoms with Gasteiger partial charge in [0.25, 0.3) is 0 Å². The molecule has 25 heavy (non-hydrogen) atoms. The van der Waals surface area contributed by atoms with Gasteiger partial charge in [0.2, 0.25) is 10.0 Å². The van der Waals surface area contributed by atoms with Crippen molar-refractivity contribution in [3.63, 3.8) is 0 Å². The van der Waals surface area contributed by atoms with Gasteiger partial charge in [0.05, 0.1) is 4.47 Å². The van der Waals surface area contributed by atoms with E-state index in [1.165, 1.54) is 16.4 Å². The van der Waals surface area contributed by atoms with E-state index in [-0.39, 0.29) is 4.90 Å². The topological polar surface area (TPSA) is 71.1 Å². The SMILES string of the molecule is O=S(=O)(NCC(F)(F)F)c1cnc(NCC2CC2C2=CC=C2)c(Br)c1. The van der Waals surface area contributed by atoms with E-state index < -0.39 is 22.7 Å². The van der Waals surface area contributed by atoms with Crippen molar-refractivity contribution in [2.45, 2.75) is 17.5 Å². The summed E-state index contributed by atoms with van der Waals surface area (Å²) < 4.78 is 62.2. The van der Waals surface area contributed by atoms with Gasteiger partial charge in [-0.05, 0) is 45.8 Å². The van der Waals surface area contributed by atoms with Crippen molar-refractivity contribution >= 4 is 31.8 Å². The van der Waals surface area contributed by atoms with E-state index in [9.17, 15) is 21.6 Å². The molecule has 2 N–H and O–H groups in total. The summed E-state index contributed by atoms with van der Waals surface area (Å²) in [7, 11) is -4.27. The lowest BCUT2D eigenvalue weighted by molar-refractivity contribution is -0.121. The zero-order valence-corrected chi connectivity index (χ0v) is 15.2. The molecule has 2 unspecified atom stereocenters. The molecule has 0 bridgehead atoms. The molecular weight excluding hydrogens is 423 g/mol. The van der Waals surface area contributed by atoms with Crippen molar-refractivity contribution in [1.82, 2.24) is 9.71 Å². The van der Waals surface area contributed by atoms with E-state index in [0.717, 1.165) is 12.6 Å². The second kappa shape index (κ2) is 6.73. The van der Waals surface area contributed by atoms with Crippen molar-refractivity contribution in [1.29, 1.82) is 0 Å². The third-order valence-electron chi connectivity index (χ3n) is 4.05. The molecule has 2 aliphatic carbocycles. The number of alkyl halides is 3. The van der Waals surface area contributed by atoms with Crippen LogP contribution in [-0.2, 0) is 10.0 Å². The van der Waals surface area contributed by atoms with Gasteiger partial charge in [-0.1, -0.05) is 18.2 Å². The molecule has 1 heterocycles. The molecular formula is C15H15BrF3N3O2S. The van der Waals surface area contributed by atoms with Crippen LogP contribution < -0.4 is 10.0 Å². The normalized spacial score (nSPS) is 22.3. The highest BCUT2D eigenvalue weighted by Crippen LogP contribution is 2.46. The molecule has 1 fully saturated rings. The second-order valence-corrected chi connectivity index (χ2v) is 8.57. The lowest BCUT2D eigenvalue weighted by atomic mass is 10.0. The average Bonchev–Trinajstić information content (AvgIpc) is 3.20. The highest BCUT2D eigenvalue weighted by atomic mass is 79.9. The third kappa shape index (κ3) is 4.62. The van der Waals surface area contributed by atoms with E-state index in [0.29, 0.717) is 28.7 Å². The Labute approximate surface area is 151 Å². The van der Waals surface area contributed by atoms with Crippen LogP contribution in [0, 0.1) is 11.8 Å². The number of nitrogens with one attached hydrogen (secondary N) is 2. The number of halogens is 4. The van der Waals surface area contributed by atoms with E-state index in [2.05, 4.69) is 38.4 Å². The first-order valence-corrected chi connectivity index (χ1v) is 9.77. The fraction of sp³-hybridized carbons (Fsp3) is 0.400. The molecule has 2 aliphatic rings. The number of nitrogens with zero attached hydrogens (tertiary/aromatic N) is 1. The van der Waals surface area contributed by atoms with Crippen LogP contribution in [0.15, 0.2) is 45.4 Å². The molecule has 1 aromatic rings. The number of hydrogen-bond acceptors (Lipinski definition) is 4. The van der Waals surface area contributed by atoms with Crippen LogP contribution >= 0.6 is 15.9 Å². The Bertz CT molecular complexity index is 837. The summed E-state index contributed by atoms with van der Waals surface area (Å²) in [4.78, 5) is 3.68. The first-order valence-electron chi connectivity index (χ1n) is 7.50. The fourth-order valence-electron chi connectivity index (χ4n) is 2.52. The van der Waals surface area contributed by atoms with Crippen LogP contribution in [0.1, 0.15) is 6.42 Å². The third-order valence-corrected chi connectivity index (χ3v) is 6.02. The molecule has 136 valence electrons. The zero-order chi connectivity index (χ0) is 18.2. The molecule has 10 heteroatoms. The lowest BCUT2D eigenvalue weighted by Gasteiger charge is -2.12. The van der Waals surface area contributed by atoms with Gasteiger partial charge in [0.15, 0.2) is 0 Å². The van der Waals surface area contributed by atoms with Gasteiger partial charge in [0.1, 0.15) is 17.3 Å². The van der Waals surface area contributed by atoms with Gasteiger partial charge in [-0.3, -0.25) is 0 Å². The monoisotopic (exact) mass is 437 g/mol. The van der Waals surface area contributed by atoms with Gasteiger partial charge in [-0.25, -0.2) is 18.1 Å². The number of aromatic nitrogens is 1. The summed E-state index contributed by atoms with van der Waals surface area (Å²) in [6.45, 7) is -0.930. The summed E-state index contributed by atoms with van der Waals surface area (Å²) in [5, 5.41) is 3.14. The van der Waals surface area contributed by atoms with Crippen LogP contribution in [0.25, 0.3) is 0 Å². The van der Waals surface area contributed by atoms with Crippen molar-refractivity contribution in [2.24, 2.45) is 11.8 Å². The molecule has 1 saturated carbocycles. The molecule has 3 rings (SSSR count). The number of rotatable bonds is 7. The number of sulfonamides is 1. The van der Waals surface area contributed by atoms with Gasteiger partial charge in [-0.2, -0.15) is 13.2 Å². The van der Waals surface area contributed by atoms with Crippen LogP contribution in [0.3, 0.4) is 0 Å². The Hall–Kier alpha value is -1.39. The molecule has 0 spiro atoms. The smallest absolute Gasteiger partial charge is 0.369 e. The van der Waals surface area contributed by atoms with Gasteiger partial charge in [0, 0.05) is 12.7 Å². The minimum atomic E-state index is -4.62. The highest BCUT2D eigenvalue weighted by molar-refractivity contribution is 9.10. The quantitative estimate of drug-likeness (QED) is 0.686. The highest BCUT2D eigenvalue weighted by Gasteiger charge is 2.39. The average molecular weight is 438 g/mol. The Morgan fingerprint density at radius 2 is 2.08 bits per heavy atom. The fourth-order valence-corrected chi connectivity index (χ4v) is 4.15. The van der Waals surface area contributed by atoms with Crippen LogP contribution in [0.5, 0.6) is 0 Å². The first kappa shape index (κ1) is 18.4. The molecule has 0 saturated heterocycles. The molecule has 2 atom stereocenters. The van der Waals surface area contributed by atoms with Gasteiger partial charge in [-0.15, -0.1) is 0 Å². The number of pyridine rings is 1. The summed E-state index contributed by atoms with van der Waals surface area (Å²) >= 11 is 3.21. The summed E-state index contributed by atoms with van der Waals surface area (Å²) in [5.74, 6) is 1.52. The standard InChI is InChI=1S/C15H15BrF3N3O2S/c16-13-5-11(25(23,24)22-8-15(17,18)19)7-21-14(13)20-6-10-4-12(10)9-2-1-3-9/h1-3,5,7,10,12,22H,4,6,8H2,(H,20,21). The van der Waals surface area contributed by atoms with Crippen molar-refractivity contribution < 1.29 is 21.6 Å². The largest absolute Gasteiger partial charge is 0.402 e. The van der Waals surface area contributed by atoms with E-state index in [1.54, 1.807) is 0 Å². The zero-order valence-electron chi connectivity index (χ0n) is 12.8. The maximum absolute atomic E-state index is 12.2. The van der Waals surface area contributed by atoms with Gasteiger partial charge >= 0.3 is 6.18 Å². The number of anilines is 1. The minimum absolute atomic E-state index is 0.330. The Morgan fingerprint density at radius 3 is 2.64 bits per heavy atom.